The van der Waals surface area contributed by atoms with E-state index >= 15 is 0 Å². The van der Waals surface area contributed by atoms with E-state index in [1.165, 1.54) is 12.1 Å². The van der Waals surface area contributed by atoms with Gasteiger partial charge in [-0.2, -0.15) is 0 Å². The van der Waals surface area contributed by atoms with Gasteiger partial charge < -0.3 is 10.2 Å². The Bertz CT molecular complexity index is 1060. The molecule has 6 heteroatoms. The molecule has 0 unspecified atom stereocenters. The number of benzene rings is 3. The van der Waals surface area contributed by atoms with Crippen LogP contribution in [0.5, 0.6) is 0 Å². The quantitative estimate of drug-likeness (QED) is 0.426. The van der Waals surface area contributed by atoms with Crippen LogP contribution >= 0.6 is 11.6 Å². The summed E-state index contributed by atoms with van der Waals surface area (Å²) in [6.45, 7) is 2.41. The predicted octanol–water partition coefficient (Wildman–Crippen LogP) is 5.54. The maximum Gasteiger partial charge on any atom is 0.243 e. The molecule has 0 aromatic heterocycles. The Morgan fingerprint density at radius 2 is 1.61 bits per heavy atom. The average Bonchev–Trinajstić information content (AvgIpc) is 2.82. The molecule has 0 radical (unpaired) electrons. The second-order valence-electron chi connectivity index (χ2n) is 7.91. The molecule has 0 bridgehead atoms. The number of nitrogens with zero attached hydrogens (tertiary/aromatic N) is 1. The van der Waals surface area contributed by atoms with Gasteiger partial charge in [-0.3, -0.25) is 9.59 Å². The van der Waals surface area contributed by atoms with Gasteiger partial charge in [0.25, 0.3) is 0 Å². The number of rotatable bonds is 10. The molecule has 3 aromatic carbocycles. The summed E-state index contributed by atoms with van der Waals surface area (Å²) in [7, 11) is 0. The van der Waals surface area contributed by atoms with E-state index in [1.54, 1.807) is 23.1 Å². The van der Waals surface area contributed by atoms with E-state index in [1.807, 2.05) is 55.5 Å². The minimum absolute atomic E-state index is 0.115. The number of hydrogen-bond acceptors (Lipinski definition) is 2. The summed E-state index contributed by atoms with van der Waals surface area (Å²) in [5.74, 6) is -0.718. The molecule has 0 aliphatic heterocycles. The van der Waals surface area contributed by atoms with Gasteiger partial charge in [0.15, 0.2) is 0 Å². The summed E-state index contributed by atoms with van der Waals surface area (Å²) in [4.78, 5) is 28.2. The number of nitrogens with one attached hydrogen (secondary N) is 1. The maximum absolute atomic E-state index is 13.4. The zero-order chi connectivity index (χ0) is 23.6. The molecule has 4 nitrogen and oxygen atoms in total. The molecule has 1 atom stereocenters. The zero-order valence-corrected chi connectivity index (χ0v) is 19.4. The molecule has 0 aliphatic rings. The van der Waals surface area contributed by atoms with Gasteiger partial charge in [-0.25, -0.2) is 4.39 Å². The van der Waals surface area contributed by atoms with Crippen LogP contribution in [0.2, 0.25) is 5.02 Å². The van der Waals surface area contributed by atoms with E-state index < -0.39 is 6.04 Å². The summed E-state index contributed by atoms with van der Waals surface area (Å²) in [5.41, 5.74) is 2.51. The number of hydrogen-bond donors (Lipinski definition) is 1. The summed E-state index contributed by atoms with van der Waals surface area (Å²) in [6, 6.07) is 22.2. The van der Waals surface area contributed by atoms with E-state index in [0.717, 1.165) is 16.7 Å². The molecule has 0 fully saturated rings. The van der Waals surface area contributed by atoms with Crippen molar-refractivity contribution >= 4 is 23.4 Å². The molecule has 0 heterocycles. The Morgan fingerprint density at radius 1 is 0.939 bits per heavy atom. The van der Waals surface area contributed by atoms with Crippen LogP contribution in [0.3, 0.4) is 0 Å². The van der Waals surface area contributed by atoms with Crippen molar-refractivity contribution in [1.29, 1.82) is 0 Å². The SMILES string of the molecule is CCCC(=O)N(Cc1ccc(F)cc1)[C@H](Cc1ccccc1)C(=O)NCc1ccccc1Cl. The first-order chi connectivity index (χ1) is 16.0. The lowest BCUT2D eigenvalue weighted by Crippen LogP contribution is -2.50. The van der Waals surface area contributed by atoms with Crippen LogP contribution in [0.1, 0.15) is 36.5 Å². The minimum atomic E-state index is -0.723. The zero-order valence-electron chi connectivity index (χ0n) is 18.6. The van der Waals surface area contributed by atoms with Gasteiger partial charge in [0.05, 0.1) is 0 Å². The Kier molecular flexibility index (Phi) is 9.02. The summed E-state index contributed by atoms with van der Waals surface area (Å²) in [5, 5.41) is 3.53. The van der Waals surface area contributed by atoms with E-state index in [-0.39, 0.29) is 30.7 Å². The fourth-order valence-corrected chi connectivity index (χ4v) is 3.84. The van der Waals surface area contributed by atoms with Crippen molar-refractivity contribution < 1.29 is 14.0 Å². The first kappa shape index (κ1) is 24.5. The highest BCUT2D eigenvalue weighted by atomic mass is 35.5. The van der Waals surface area contributed by atoms with Gasteiger partial charge in [-0.1, -0.05) is 79.2 Å². The molecule has 1 N–H and O–H groups in total. The topological polar surface area (TPSA) is 49.4 Å². The van der Waals surface area contributed by atoms with Crippen LogP contribution < -0.4 is 5.32 Å². The highest BCUT2D eigenvalue weighted by Crippen LogP contribution is 2.18. The largest absolute Gasteiger partial charge is 0.350 e. The first-order valence-electron chi connectivity index (χ1n) is 11.1. The highest BCUT2D eigenvalue weighted by molar-refractivity contribution is 6.31. The molecule has 33 heavy (non-hydrogen) atoms. The molecule has 0 saturated carbocycles. The van der Waals surface area contributed by atoms with Crippen molar-refractivity contribution in [2.75, 3.05) is 0 Å². The minimum Gasteiger partial charge on any atom is -0.350 e. The monoisotopic (exact) mass is 466 g/mol. The van der Waals surface area contributed by atoms with Gasteiger partial charge in [-0.05, 0) is 41.3 Å². The fraction of sp³-hybridized carbons (Fsp3) is 0.259. The van der Waals surface area contributed by atoms with Gasteiger partial charge >= 0.3 is 0 Å². The third kappa shape index (κ3) is 7.16. The normalized spacial score (nSPS) is 11.6. The van der Waals surface area contributed by atoms with Crippen LogP contribution in [-0.2, 0) is 29.1 Å². The average molecular weight is 467 g/mol. The van der Waals surface area contributed by atoms with E-state index in [0.29, 0.717) is 24.3 Å². The van der Waals surface area contributed by atoms with E-state index in [2.05, 4.69) is 5.32 Å². The van der Waals surface area contributed by atoms with Crippen LogP contribution in [0.4, 0.5) is 4.39 Å². The highest BCUT2D eigenvalue weighted by Gasteiger charge is 2.30. The Labute approximate surface area is 199 Å². The predicted molar refractivity (Wildman–Crippen MR) is 129 cm³/mol. The van der Waals surface area contributed by atoms with Crippen LogP contribution in [0, 0.1) is 5.82 Å². The molecule has 2 amide bonds. The van der Waals surface area contributed by atoms with Crippen LogP contribution in [-0.4, -0.2) is 22.8 Å². The van der Waals surface area contributed by atoms with Crippen molar-refractivity contribution in [3.8, 4) is 0 Å². The van der Waals surface area contributed by atoms with E-state index in [4.69, 9.17) is 11.6 Å². The second kappa shape index (κ2) is 12.2. The van der Waals surface area contributed by atoms with Crippen molar-refractivity contribution in [3.05, 3.63) is 106 Å². The molecular formula is C27H28ClFN2O2. The number of carbonyl (C=O) groups is 2. The molecule has 3 rings (SSSR count). The third-order valence-electron chi connectivity index (χ3n) is 5.41. The lowest BCUT2D eigenvalue weighted by Gasteiger charge is -2.31. The summed E-state index contributed by atoms with van der Waals surface area (Å²) in [6.07, 6.45) is 1.36. The number of amides is 2. The smallest absolute Gasteiger partial charge is 0.243 e. The van der Waals surface area contributed by atoms with Crippen molar-refractivity contribution in [3.63, 3.8) is 0 Å². The maximum atomic E-state index is 13.4. The molecule has 3 aromatic rings. The van der Waals surface area contributed by atoms with Crippen LogP contribution in [0.25, 0.3) is 0 Å². The Morgan fingerprint density at radius 3 is 2.27 bits per heavy atom. The van der Waals surface area contributed by atoms with Crippen molar-refractivity contribution in [2.24, 2.45) is 0 Å². The van der Waals surface area contributed by atoms with Gasteiger partial charge in [0.1, 0.15) is 11.9 Å². The molecule has 0 aliphatic carbocycles. The molecule has 0 saturated heterocycles. The molecular weight excluding hydrogens is 439 g/mol. The van der Waals surface area contributed by atoms with Crippen molar-refractivity contribution in [1.82, 2.24) is 10.2 Å². The standard InChI is InChI=1S/C27H28ClFN2O2/c1-2-8-26(32)31(19-21-13-15-23(29)16-14-21)25(17-20-9-4-3-5-10-20)27(33)30-18-22-11-6-7-12-24(22)28/h3-7,9-16,25H,2,8,17-19H2,1H3,(H,30,33)/t25-/m1/s1. The summed E-state index contributed by atoms with van der Waals surface area (Å²) >= 11 is 6.24. The first-order valence-corrected chi connectivity index (χ1v) is 11.4. The molecule has 172 valence electrons. The number of carbonyl (C=O) groups excluding carboxylic acids is 2. The second-order valence-corrected chi connectivity index (χ2v) is 8.32. The van der Waals surface area contributed by atoms with Gasteiger partial charge in [-0.15, -0.1) is 0 Å². The number of halogens is 2. The third-order valence-corrected chi connectivity index (χ3v) is 5.78. The summed E-state index contributed by atoms with van der Waals surface area (Å²) < 4.78 is 13.4. The Hall–Kier alpha value is -3.18. The van der Waals surface area contributed by atoms with Gasteiger partial charge in [0, 0.05) is 31.0 Å². The van der Waals surface area contributed by atoms with E-state index in [9.17, 15) is 14.0 Å². The van der Waals surface area contributed by atoms with Crippen molar-refractivity contribution in [2.45, 2.75) is 45.3 Å². The van der Waals surface area contributed by atoms with Gasteiger partial charge in [0.2, 0.25) is 11.8 Å². The van der Waals surface area contributed by atoms with Crippen LogP contribution in [0.15, 0.2) is 78.9 Å². The fourth-order valence-electron chi connectivity index (χ4n) is 3.64. The molecule has 0 spiro atoms. The lowest BCUT2D eigenvalue weighted by molar-refractivity contribution is -0.141. The Balaban J connectivity index is 1.88. The lowest BCUT2D eigenvalue weighted by atomic mass is 10.0.